The smallest absolute Gasteiger partial charge is 0.264 e. The molecule has 0 aromatic heterocycles. The van der Waals surface area contributed by atoms with Gasteiger partial charge in [0.1, 0.15) is 5.25 Å². The van der Waals surface area contributed by atoms with E-state index in [1.54, 1.807) is 6.08 Å². The molecule has 1 N–H and O–H groups in total. The summed E-state index contributed by atoms with van der Waals surface area (Å²) in [5.74, 6) is 0.298. The first-order valence-electron chi connectivity index (χ1n) is 4.56. The second-order valence-corrected chi connectivity index (χ2v) is 5.17. The first-order valence-corrected chi connectivity index (χ1v) is 5.77. The van der Waals surface area contributed by atoms with Gasteiger partial charge in [-0.25, -0.2) is 0 Å². The first-order chi connectivity index (χ1) is 6.22. The Balaban J connectivity index is 1.75. The Morgan fingerprint density at radius 2 is 2.31 bits per heavy atom. The zero-order valence-corrected chi connectivity index (χ0v) is 8.18. The largest absolute Gasteiger partial charge is 0.593 e. The topological polar surface area (TPSA) is 52.2 Å². The number of hydrogen-bond acceptors (Lipinski definition) is 2. The van der Waals surface area contributed by atoms with Gasteiger partial charge in [-0.1, -0.05) is 6.08 Å². The Labute approximate surface area is 80.9 Å². The average molecular weight is 199 g/mol. The number of allylic oxidation sites excluding steroid dienone is 1. The molecule has 4 heteroatoms. The van der Waals surface area contributed by atoms with Crippen molar-refractivity contribution in [3.05, 3.63) is 12.7 Å². The highest BCUT2D eigenvalue weighted by Crippen LogP contribution is 2.39. The van der Waals surface area contributed by atoms with Gasteiger partial charge in [-0.05, 0) is 12.3 Å². The molecular formula is C9H13NO2S. The van der Waals surface area contributed by atoms with E-state index in [9.17, 15) is 9.35 Å². The SMILES string of the molecule is C=CC1C[C@@H]1C(=O)N[S@@+]([O-])C1CC1. The Morgan fingerprint density at radius 1 is 1.62 bits per heavy atom. The van der Waals surface area contributed by atoms with Crippen molar-refractivity contribution >= 4 is 17.3 Å². The van der Waals surface area contributed by atoms with Crippen LogP contribution in [0.4, 0.5) is 0 Å². The van der Waals surface area contributed by atoms with Crippen LogP contribution in [0, 0.1) is 11.8 Å². The highest BCUT2D eigenvalue weighted by atomic mass is 32.2. The van der Waals surface area contributed by atoms with E-state index in [4.69, 9.17) is 0 Å². The van der Waals surface area contributed by atoms with Crippen molar-refractivity contribution in [1.29, 1.82) is 0 Å². The standard InChI is InChI=1S/C9H13NO2S/c1-2-6-5-8(6)9(11)10-13(12)7-3-4-7/h2,6-8H,1,3-5H2,(H,10,11)/t6?,8-,13-/m0/s1. The van der Waals surface area contributed by atoms with E-state index >= 15 is 0 Å². The van der Waals surface area contributed by atoms with Crippen molar-refractivity contribution < 1.29 is 9.35 Å². The third-order valence-electron chi connectivity index (χ3n) is 2.51. The van der Waals surface area contributed by atoms with Gasteiger partial charge in [-0.3, -0.25) is 4.79 Å². The fourth-order valence-electron chi connectivity index (χ4n) is 1.32. The van der Waals surface area contributed by atoms with Crippen molar-refractivity contribution in [2.45, 2.75) is 24.5 Å². The molecule has 72 valence electrons. The van der Waals surface area contributed by atoms with Gasteiger partial charge in [0.25, 0.3) is 5.91 Å². The van der Waals surface area contributed by atoms with E-state index in [2.05, 4.69) is 11.3 Å². The summed E-state index contributed by atoms with van der Waals surface area (Å²) in [6.07, 6.45) is 4.65. The molecular weight excluding hydrogens is 186 g/mol. The Hall–Kier alpha value is -0.480. The average Bonchev–Trinajstić information content (AvgIpc) is 2.98. The quantitative estimate of drug-likeness (QED) is 0.536. The number of rotatable bonds is 4. The third-order valence-corrected chi connectivity index (χ3v) is 3.99. The molecule has 0 radical (unpaired) electrons. The van der Waals surface area contributed by atoms with E-state index < -0.39 is 11.4 Å². The third kappa shape index (κ3) is 2.06. The lowest BCUT2D eigenvalue weighted by Gasteiger charge is -2.08. The number of nitrogens with one attached hydrogen (secondary N) is 1. The van der Waals surface area contributed by atoms with Gasteiger partial charge >= 0.3 is 0 Å². The van der Waals surface area contributed by atoms with Crippen LogP contribution in [0.2, 0.25) is 0 Å². The van der Waals surface area contributed by atoms with Gasteiger partial charge in [0.2, 0.25) is 0 Å². The van der Waals surface area contributed by atoms with Crippen molar-refractivity contribution in [2.24, 2.45) is 11.8 Å². The van der Waals surface area contributed by atoms with E-state index in [-0.39, 0.29) is 17.1 Å². The normalized spacial score (nSPS) is 33.6. The number of carbonyl (C=O) groups is 1. The summed E-state index contributed by atoms with van der Waals surface area (Å²) in [5.41, 5.74) is 0. The first kappa shape index (κ1) is 9.09. The van der Waals surface area contributed by atoms with Gasteiger partial charge in [0.05, 0.1) is 11.4 Å². The lowest BCUT2D eigenvalue weighted by Crippen LogP contribution is -2.34. The molecule has 2 aliphatic rings. The second kappa shape index (κ2) is 3.35. The van der Waals surface area contributed by atoms with E-state index in [0.29, 0.717) is 5.92 Å². The predicted molar refractivity (Wildman–Crippen MR) is 51.1 cm³/mol. The zero-order chi connectivity index (χ0) is 9.42. The molecule has 0 aliphatic heterocycles. The Bertz CT molecular complexity index is 240. The van der Waals surface area contributed by atoms with Gasteiger partial charge in [0, 0.05) is 18.8 Å². The molecule has 2 fully saturated rings. The number of carbonyl (C=O) groups excluding carboxylic acids is 1. The molecule has 1 unspecified atom stereocenters. The highest BCUT2D eigenvalue weighted by molar-refractivity contribution is 7.90. The minimum Gasteiger partial charge on any atom is -0.593 e. The maximum atomic E-state index is 11.4. The molecule has 0 aromatic carbocycles. The van der Waals surface area contributed by atoms with Crippen LogP contribution in [-0.2, 0) is 16.2 Å². The molecule has 2 rings (SSSR count). The van der Waals surface area contributed by atoms with E-state index in [1.807, 2.05) is 0 Å². The zero-order valence-electron chi connectivity index (χ0n) is 7.36. The number of hydrogen-bond donors (Lipinski definition) is 1. The molecule has 1 amide bonds. The van der Waals surface area contributed by atoms with Crippen LogP contribution in [0.1, 0.15) is 19.3 Å². The predicted octanol–water partition coefficient (Wildman–Crippen LogP) is 0.751. The van der Waals surface area contributed by atoms with Crippen LogP contribution >= 0.6 is 0 Å². The van der Waals surface area contributed by atoms with E-state index in [0.717, 1.165) is 19.3 Å². The molecule has 0 bridgehead atoms. The number of amides is 1. The van der Waals surface area contributed by atoms with Crippen molar-refractivity contribution in [2.75, 3.05) is 0 Å². The molecule has 2 saturated carbocycles. The summed E-state index contributed by atoms with van der Waals surface area (Å²) in [4.78, 5) is 11.4. The summed E-state index contributed by atoms with van der Waals surface area (Å²) in [7, 11) is 0. The van der Waals surface area contributed by atoms with Crippen LogP contribution in [0.5, 0.6) is 0 Å². The lowest BCUT2D eigenvalue weighted by atomic mass is 10.3. The van der Waals surface area contributed by atoms with E-state index in [1.165, 1.54) is 0 Å². The molecule has 3 atom stereocenters. The summed E-state index contributed by atoms with van der Waals surface area (Å²) >= 11 is -1.12. The molecule has 2 aliphatic carbocycles. The Morgan fingerprint density at radius 3 is 2.77 bits per heavy atom. The molecule has 0 saturated heterocycles. The molecule has 3 nitrogen and oxygen atoms in total. The Kier molecular flexibility index (Phi) is 2.34. The van der Waals surface area contributed by atoms with Crippen LogP contribution < -0.4 is 4.72 Å². The minimum absolute atomic E-state index is 0.0419. The van der Waals surface area contributed by atoms with Gasteiger partial charge in [0.15, 0.2) is 0 Å². The van der Waals surface area contributed by atoms with Crippen LogP contribution in [0.25, 0.3) is 0 Å². The molecule has 0 spiro atoms. The lowest BCUT2D eigenvalue weighted by molar-refractivity contribution is -0.120. The van der Waals surface area contributed by atoms with Crippen LogP contribution in [-0.4, -0.2) is 15.7 Å². The van der Waals surface area contributed by atoms with Gasteiger partial charge in [-0.15, -0.1) is 6.58 Å². The monoisotopic (exact) mass is 199 g/mol. The molecule has 13 heavy (non-hydrogen) atoms. The van der Waals surface area contributed by atoms with Crippen molar-refractivity contribution in [1.82, 2.24) is 4.72 Å². The fourth-order valence-corrected chi connectivity index (χ4v) is 2.40. The van der Waals surface area contributed by atoms with Crippen LogP contribution in [0.15, 0.2) is 12.7 Å². The van der Waals surface area contributed by atoms with Crippen molar-refractivity contribution in [3.63, 3.8) is 0 Å². The summed E-state index contributed by atoms with van der Waals surface area (Å²) in [6, 6.07) is 0. The van der Waals surface area contributed by atoms with Gasteiger partial charge < -0.3 is 4.55 Å². The molecule has 0 heterocycles. The summed E-state index contributed by atoms with van der Waals surface area (Å²) < 4.78 is 13.8. The van der Waals surface area contributed by atoms with Crippen LogP contribution in [0.3, 0.4) is 0 Å². The summed E-state index contributed by atoms with van der Waals surface area (Å²) in [6.45, 7) is 3.63. The minimum atomic E-state index is -1.12. The molecule has 0 aromatic rings. The maximum Gasteiger partial charge on any atom is 0.264 e. The highest BCUT2D eigenvalue weighted by Gasteiger charge is 2.44. The van der Waals surface area contributed by atoms with Crippen molar-refractivity contribution in [3.8, 4) is 0 Å². The second-order valence-electron chi connectivity index (χ2n) is 3.70. The summed E-state index contributed by atoms with van der Waals surface area (Å²) in [5, 5.41) is 0.227. The maximum absolute atomic E-state index is 11.4. The van der Waals surface area contributed by atoms with Gasteiger partial charge in [-0.2, -0.15) is 4.72 Å². The fraction of sp³-hybridized carbons (Fsp3) is 0.667.